The monoisotopic (exact) mass is 587 g/mol. The summed E-state index contributed by atoms with van der Waals surface area (Å²) in [5.41, 5.74) is 3.35. The number of carbonyl (C=O) groups is 2. The molecule has 1 amide bonds. The molecule has 0 spiro atoms. The molecule has 4 aromatic rings. The Morgan fingerprint density at radius 3 is 2.44 bits per heavy atom. The molecule has 0 N–H and O–H groups in total. The van der Waals surface area contributed by atoms with Gasteiger partial charge in [0.15, 0.2) is 6.23 Å². The van der Waals surface area contributed by atoms with Crippen molar-refractivity contribution in [3.8, 4) is 28.0 Å². The summed E-state index contributed by atoms with van der Waals surface area (Å²) in [5.74, 6) is -0.567. The van der Waals surface area contributed by atoms with Crippen LogP contribution in [-0.4, -0.2) is 66.1 Å². The minimum atomic E-state index is -0.685. The molecule has 4 rings (SSSR count). The van der Waals surface area contributed by atoms with Crippen LogP contribution in [0.1, 0.15) is 33.9 Å². The second kappa shape index (κ2) is 12.7. The number of amides is 1. The molecule has 1 unspecified atom stereocenters. The van der Waals surface area contributed by atoms with Crippen molar-refractivity contribution in [3.63, 3.8) is 0 Å². The van der Waals surface area contributed by atoms with Gasteiger partial charge in [-0.1, -0.05) is 6.08 Å². The zero-order valence-corrected chi connectivity index (χ0v) is 25.9. The van der Waals surface area contributed by atoms with Crippen molar-refractivity contribution in [1.82, 2.24) is 19.4 Å². The van der Waals surface area contributed by atoms with E-state index in [1.807, 2.05) is 43.3 Å². The molecule has 0 saturated carbocycles. The van der Waals surface area contributed by atoms with Gasteiger partial charge in [-0.2, -0.15) is 4.39 Å². The number of benzene rings is 1. The normalized spacial score (nSPS) is 12.6. The van der Waals surface area contributed by atoms with Crippen LogP contribution in [0.2, 0.25) is 0 Å². The molecule has 3 aromatic heterocycles. The molecule has 0 aliphatic rings. The van der Waals surface area contributed by atoms with Gasteiger partial charge in [0, 0.05) is 72.6 Å². The fraction of sp³-hybridized carbons (Fsp3) is 0.333. The summed E-state index contributed by atoms with van der Waals surface area (Å²) in [6.07, 6.45) is 7.61. The van der Waals surface area contributed by atoms with Crippen LogP contribution >= 0.6 is 0 Å². The molecule has 0 radical (unpaired) electrons. The van der Waals surface area contributed by atoms with E-state index in [-0.39, 0.29) is 11.9 Å². The summed E-state index contributed by atoms with van der Waals surface area (Å²) in [5, 5.41) is 0.724. The van der Waals surface area contributed by atoms with Crippen LogP contribution in [0.25, 0.3) is 33.3 Å². The Morgan fingerprint density at radius 1 is 1.05 bits per heavy atom. The average Bonchev–Trinajstić information content (AvgIpc) is 3.35. The van der Waals surface area contributed by atoms with E-state index in [2.05, 4.69) is 4.98 Å². The Hall–Kier alpha value is -4.57. The number of anilines is 1. The number of rotatable bonds is 9. The molecule has 0 saturated heterocycles. The summed E-state index contributed by atoms with van der Waals surface area (Å²) < 4.78 is 27.3. The molecule has 0 aliphatic carbocycles. The quantitative estimate of drug-likeness (QED) is 0.133. The Kier molecular flexibility index (Phi) is 9.30. The lowest BCUT2D eigenvalue weighted by Gasteiger charge is -2.22. The molecular formula is C33H38FN5O4. The van der Waals surface area contributed by atoms with E-state index in [1.54, 1.807) is 81.9 Å². The first-order valence-corrected chi connectivity index (χ1v) is 13.9. The van der Waals surface area contributed by atoms with E-state index in [0.29, 0.717) is 34.8 Å². The lowest BCUT2D eigenvalue weighted by atomic mass is 9.97. The van der Waals surface area contributed by atoms with Crippen LogP contribution < -0.4 is 9.64 Å². The summed E-state index contributed by atoms with van der Waals surface area (Å²) in [6.45, 7) is 7.78. The molecular weight excluding hydrogens is 549 g/mol. The number of likely N-dealkylation sites (N-methyl/N-ethyl adjacent to an activating group) is 2. The van der Waals surface area contributed by atoms with Gasteiger partial charge >= 0.3 is 5.97 Å². The molecule has 0 bridgehead atoms. The molecule has 0 fully saturated rings. The van der Waals surface area contributed by atoms with E-state index >= 15 is 0 Å². The number of carbonyl (C=O) groups excluding carboxylic acids is 2. The summed E-state index contributed by atoms with van der Waals surface area (Å²) in [4.78, 5) is 37.5. The number of pyridine rings is 2. The summed E-state index contributed by atoms with van der Waals surface area (Å²) in [6, 6.07) is 10.6. The van der Waals surface area contributed by atoms with Gasteiger partial charge in [0.1, 0.15) is 11.4 Å². The summed E-state index contributed by atoms with van der Waals surface area (Å²) in [7, 11) is 7.14. The lowest BCUT2D eigenvalue weighted by Crippen LogP contribution is -2.26. The van der Waals surface area contributed by atoms with Gasteiger partial charge in [0.25, 0.3) is 0 Å². The maximum absolute atomic E-state index is 14.2. The van der Waals surface area contributed by atoms with Gasteiger partial charge < -0.3 is 19.3 Å². The molecule has 10 heteroatoms. The van der Waals surface area contributed by atoms with Crippen LogP contribution in [0.3, 0.4) is 0 Å². The Bertz CT molecular complexity index is 1670. The van der Waals surface area contributed by atoms with Gasteiger partial charge in [-0.3, -0.25) is 14.2 Å². The first kappa shape index (κ1) is 31.4. The van der Waals surface area contributed by atoms with E-state index in [1.165, 1.54) is 12.3 Å². The van der Waals surface area contributed by atoms with E-state index in [4.69, 9.17) is 14.5 Å². The van der Waals surface area contributed by atoms with Crippen LogP contribution in [0.15, 0.2) is 67.1 Å². The van der Waals surface area contributed by atoms with Gasteiger partial charge in [-0.05, 0) is 77.2 Å². The number of hydrogen-bond donors (Lipinski definition) is 0. The topological polar surface area (TPSA) is 89.8 Å². The zero-order chi connectivity index (χ0) is 31.5. The first-order valence-electron chi connectivity index (χ1n) is 13.9. The maximum atomic E-state index is 14.2. The highest BCUT2D eigenvalue weighted by Gasteiger charge is 2.27. The highest BCUT2D eigenvalue weighted by Crippen LogP contribution is 2.37. The third-order valence-electron chi connectivity index (χ3n) is 6.90. The Morgan fingerprint density at radius 2 is 1.79 bits per heavy atom. The Labute approximate surface area is 251 Å². The number of aromatic nitrogens is 3. The van der Waals surface area contributed by atoms with Crippen LogP contribution in [0.5, 0.6) is 5.75 Å². The fourth-order valence-corrected chi connectivity index (χ4v) is 4.42. The molecule has 0 aliphatic heterocycles. The highest BCUT2D eigenvalue weighted by atomic mass is 19.1. The number of ether oxygens (including phenoxy) is 2. The molecule has 43 heavy (non-hydrogen) atoms. The van der Waals surface area contributed by atoms with E-state index in [0.717, 1.165) is 16.5 Å². The number of hydrogen-bond acceptors (Lipinski definition) is 7. The van der Waals surface area contributed by atoms with Crippen molar-refractivity contribution in [2.24, 2.45) is 5.41 Å². The standard InChI is InChI=1S/C33H38FN5O4/c1-21(43-32(41)33(2,3)4)39-20-28(22-11-12-35-29(34)17-22)27-16-24(19-36-31(27)39)23-14-25(18-26(15-23)42-8)38(7)30(40)10-9-13-37(5)6/h9-12,14-21H,13H2,1-8H3. The third kappa shape index (κ3) is 7.26. The van der Waals surface area contributed by atoms with Crippen LogP contribution in [0.4, 0.5) is 10.1 Å². The zero-order valence-electron chi connectivity index (χ0n) is 25.9. The SMILES string of the molecule is COc1cc(-c2cnc3c(c2)c(-c2ccnc(F)c2)cn3C(C)OC(=O)C(C)(C)C)cc(N(C)C(=O)C=CCN(C)C)c1. The lowest BCUT2D eigenvalue weighted by molar-refractivity contribution is -0.162. The van der Waals surface area contributed by atoms with Gasteiger partial charge in [0.05, 0.1) is 12.5 Å². The van der Waals surface area contributed by atoms with Gasteiger partial charge in [-0.15, -0.1) is 0 Å². The van der Waals surface area contributed by atoms with Crippen molar-refractivity contribution >= 4 is 28.6 Å². The third-order valence-corrected chi connectivity index (χ3v) is 6.90. The average molecular weight is 588 g/mol. The second-order valence-corrected chi connectivity index (χ2v) is 11.6. The van der Waals surface area contributed by atoms with E-state index in [9.17, 15) is 14.0 Å². The summed E-state index contributed by atoms with van der Waals surface area (Å²) >= 11 is 0. The number of fused-ring (bicyclic) bond motifs is 1. The number of methoxy groups -OCH3 is 1. The maximum Gasteiger partial charge on any atom is 0.313 e. The molecule has 1 aromatic carbocycles. The van der Waals surface area contributed by atoms with Gasteiger partial charge in [-0.25, -0.2) is 9.97 Å². The molecule has 1 atom stereocenters. The van der Waals surface area contributed by atoms with E-state index < -0.39 is 17.6 Å². The predicted molar refractivity (Wildman–Crippen MR) is 166 cm³/mol. The first-order chi connectivity index (χ1) is 20.3. The van der Waals surface area contributed by atoms with Crippen molar-refractivity contribution in [2.45, 2.75) is 33.9 Å². The predicted octanol–water partition coefficient (Wildman–Crippen LogP) is 6.10. The minimum absolute atomic E-state index is 0.174. The van der Waals surface area contributed by atoms with Crippen molar-refractivity contribution in [3.05, 3.63) is 73.1 Å². The fourth-order valence-electron chi connectivity index (χ4n) is 4.42. The number of halogens is 1. The van der Waals surface area contributed by atoms with Crippen molar-refractivity contribution < 1.29 is 23.5 Å². The minimum Gasteiger partial charge on any atom is -0.497 e. The van der Waals surface area contributed by atoms with Crippen LogP contribution in [0, 0.1) is 11.4 Å². The molecule has 9 nitrogen and oxygen atoms in total. The second-order valence-electron chi connectivity index (χ2n) is 11.6. The Balaban J connectivity index is 1.81. The number of esters is 1. The molecule has 3 heterocycles. The smallest absolute Gasteiger partial charge is 0.313 e. The highest BCUT2D eigenvalue weighted by molar-refractivity contribution is 6.02. The van der Waals surface area contributed by atoms with Gasteiger partial charge in [0.2, 0.25) is 11.9 Å². The van der Waals surface area contributed by atoms with Crippen molar-refractivity contribution in [1.29, 1.82) is 0 Å². The molecule has 226 valence electrons. The van der Waals surface area contributed by atoms with Crippen LogP contribution in [-0.2, 0) is 14.3 Å². The largest absolute Gasteiger partial charge is 0.497 e. The number of nitrogens with zero attached hydrogens (tertiary/aromatic N) is 5. The van der Waals surface area contributed by atoms with Crippen molar-refractivity contribution in [2.75, 3.05) is 39.7 Å².